The number of anilines is 1. The maximum Gasteiger partial charge on any atom is 0.161 e. The lowest BCUT2D eigenvalue weighted by Gasteiger charge is -2.11. The second-order valence-corrected chi connectivity index (χ2v) is 6.67. The Hall–Kier alpha value is -3.73. The predicted molar refractivity (Wildman–Crippen MR) is 118 cm³/mol. The Balaban J connectivity index is 1.73. The molecule has 4 aromatic rings. The lowest BCUT2D eigenvalue weighted by molar-refractivity contribution is 0.925. The van der Waals surface area contributed by atoms with Crippen molar-refractivity contribution in [1.82, 2.24) is 19.6 Å². The third kappa shape index (κ3) is 4.41. The van der Waals surface area contributed by atoms with Gasteiger partial charge in [0.2, 0.25) is 0 Å². The summed E-state index contributed by atoms with van der Waals surface area (Å²) in [6.45, 7) is 2.67. The van der Waals surface area contributed by atoms with Crippen molar-refractivity contribution in [2.45, 2.75) is 19.9 Å². The van der Waals surface area contributed by atoms with Gasteiger partial charge in [0.1, 0.15) is 5.82 Å². The second-order valence-electron chi connectivity index (χ2n) is 6.67. The molecule has 0 unspecified atom stereocenters. The number of pyridine rings is 1. The van der Waals surface area contributed by atoms with E-state index in [2.05, 4.69) is 39.7 Å². The number of allylic oxidation sites excluding steroid dienone is 4. The molecule has 0 bridgehead atoms. The topological polar surface area (TPSA) is 55.1 Å². The molecule has 0 aliphatic rings. The quantitative estimate of drug-likeness (QED) is 0.454. The molecule has 3 aromatic heterocycles. The highest BCUT2D eigenvalue weighted by Gasteiger charge is 2.12. The minimum absolute atomic E-state index is 0.664. The summed E-state index contributed by atoms with van der Waals surface area (Å²) in [6, 6.07) is 16.3. The summed E-state index contributed by atoms with van der Waals surface area (Å²) < 4.78 is 1.88. The maximum atomic E-state index is 4.92. The molecule has 1 N–H and O–H groups in total. The molecule has 144 valence electrons. The Morgan fingerprint density at radius 1 is 1.03 bits per heavy atom. The van der Waals surface area contributed by atoms with E-state index in [9.17, 15) is 0 Å². The number of hydrogen-bond donors (Lipinski definition) is 1. The Morgan fingerprint density at radius 2 is 1.93 bits per heavy atom. The Bertz CT molecular complexity index is 1130. The van der Waals surface area contributed by atoms with Gasteiger partial charge in [-0.3, -0.25) is 4.98 Å². The Morgan fingerprint density at radius 3 is 2.72 bits per heavy atom. The first kappa shape index (κ1) is 18.6. The van der Waals surface area contributed by atoms with Crippen LogP contribution in [-0.2, 0) is 13.0 Å². The highest BCUT2D eigenvalue weighted by molar-refractivity contribution is 5.68. The molecular weight excluding hydrogens is 358 g/mol. The van der Waals surface area contributed by atoms with Crippen LogP contribution in [0.4, 0.5) is 5.82 Å². The molecule has 5 heteroatoms. The highest BCUT2D eigenvalue weighted by atomic mass is 15.3. The van der Waals surface area contributed by atoms with Crippen LogP contribution in [0.3, 0.4) is 0 Å². The summed E-state index contributed by atoms with van der Waals surface area (Å²) in [4.78, 5) is 9.11. The second kappa shape index (κ2) is 8.97. The Kier molecular flexibility index (Phi) is 5.76. The summed E-state index contributed by atoms with van der Waals surface area (Å²) in [7, 11) is 0. The van der Waals surface area contributed by atoms with E-state index in [0.29, 0.717) is 6.54 Å². The van der Waals surface area contributed by atoms with E-state index in [1.165, 1.54) is 0 Å². The number of fused-ring (bicyclic) bond motifs is 1. The summed E-state index contributed by atoms with van der Waals surface area (Å²) in [5.74, 6) is 0.904. The third-order valence-corrected chi connectivity index (χ3v) is 4.59. The number of hydrogen-bond acceptors (Lipinski definition) is 4. The fourth-order valence-electron chi connectivity index (χ4n) is 3.12. The normalized spacial score (nSPS) is 11.6. The van der Waals surface area contributed by atoms with Gasteiger partial charge >= 0.3 is 0 Å². The van der Waals surface area contributed by atoms with Gasteiger partial charge in [-0.05, 0) is 25.0 Å². The van der Waals surface area contributed by atoms with Crippen molar-refractivity contribution in [1.29, 1.82) is 0 Å². The lowest BCUT2D eigenvalue weighted by Crippen LogP contribution is -2.07. The van der Waals surface area contributed by atoms with Gasteiger partial charge in [-0.15, -0.1) is 0 Å². The average Bonchev–Trinajstić information content (AvgIpc) is 3.19. The van der Waals surface area contributed by atoms with Gasteiger partial charge in [0, 0.05) is 36.1 Å². The molecule has 0 saturated heterocycles. The smallest absolute Gasteiger partial charge is 0.161 e. The van der Waals surface area contributed by atoms with E-state index in [-0.39, 0.29) is 0 Å². The first-order chi connectivity index (χ1) is 14.3. The molecule has 0 fully saturated rings. The first-order valence-electron chi connectivity index (χ1n) is 9.69. The van der Waals surface area contributed by atoms with Gasteiger partial charge in [0.05, 0.1) is 11.9 Å². The van der Waals surface area contributed by atoms with E-state index in [1.807, 2.05) is 72.4 Å². The number of aromatic nitrogens is 4. The van der Waals surface area contributed by atoms with Crippen LogP contribution in [0.15, 0.2) is 91.4 Å². The van der Waals surface area contributed by atoms with E-state index in [1.54, 1.807) is 6.20 Å². The molecule has 0 aliphatic carbocycles. The van der Waals surface area contributed by atoms with Crippen molar-refractivity contribution in [3.63, 3.8) is 0 Å². The summed E-state index contributed by atoms with van der Waals surface area (Å²) >= 11 is 0. The van der Waals surface area contributed by atoms with E-state index >= 15 is 0 Å². The van der Waals surface area contributed by atoms with Crippen LogP contribution in [0, 0.1) is 0 Å². The fourth-order valence-corrected chi connectivity index (χ4v) is 3.12. The molecule has 0 aliphatic heterocycles. The molecule has 29 heavy (non-hydrogen) atoms. The van der Waals surface area contributed by atoms with Crippen LogP contribution in [0.2, 0.25) is 0 Å². The van der Waals surface area contributed by atoms with Crippen LogP contribution < -0.4 is 5.32 Å². The minimum atomic E-state index is 0.664. The standard InChI is InChI=1S/C24H23N5/c1-2-3-4-6-13-21-18-27-29-23(26-17-19-10-9-14-25-16-19)15-22(28-24(21)29)20-11-7-5-8-12-20/h2-12,14-16,18,26H,13,17H2,1H3/b3-2-,6-4+. The zero-order chi connectivity index (χ0) is 19.9. The molecule has 1 aromatic carbocycles. The van der Waals surface area contributed by atoms with Gasteiger partial charge in [-0.25, -0.2) is 4.98 Å². The molecule has 0 atom stereocenters. The zero-order valence-electron chi connectivity index (χ0n) is 16.4. The van der Waals surface area contributed by atoms with Gasteiger partial charge in [-0.2, -0.15) is 9.61 Å². The van der Waals surface area contributed by atoms with Crippen molar-refractivity contribution in [3.8, 4) is 11.3 Å². The SMILES string of the molecule is C/C=C\C=C\Cc1cnn2c(NCc3cccnc3)cc(-c3ccccc3)nc12. The summed E-state index contributed by atoms with van der Waals surface area (Å²) in [6.07, 6.45) is 14.5. The predicted octanol–water partition coefficient (Wildman–Crippen LogP) is 5.08. The number of nitrogens with zero attached hydrogens (tertiary/aromatic N) is 4. The number of nitrogens with one attached hydrogen (secondary N) is 1. The first-order valence-corrected chi connectivity index (χ1v) is 9.69. The molecule has 0 radical (unpaired) electrons. The molecule has 3 heterocycles. The minimum Gasteiger partial charge on any atom is -0.366 e. The van der Waals surface area contributed by atoms with Crippen LogP contribution >= 0.6 is 0 Å². The average molecular weight is 381 g/mol. The largest absolute Gasteiger partial charge is 0.366 e. The number of rotatable bonds is 7. The van der Waals surface area contributed by atoms with Gasteiger partial charge in [0.15, 0.2) is 5.65 Å². The van der Waals surface area contributed by atoms with Crippen molar-refractivity contribution >= 4 is 11.5 Å². The monoisotopic (exact) mass is 381 g/mol. The summed E-state index contributed by atoms with van der Waals surface area (Å²) in [5.41, 5.74) is 5.07. The maximum absolute atomic E-state index is 4.92. The van der Waals surface area contributed by atoms with Crippen molar-refractivity contribution in [2.75, 3.05) is 5.32 Å². The van der Waals surface area contributed by atoms with Crippen LogP contribution in [0.5, 0.6) is 0 Å². The van der Waals surface area contributed by atoms with Crippen LogP contribution in [-0.4, -0.2) is 19.6 Å². The van der Waals surface area contributed by atoms with Gasteiger partial charge in [-0.1, -0.05) is 60.7 Å². The fraction of sp³-hybridized carbons (Fsp3) is 0.125. The van der Waals surface area contributed by atoms with E-state index < -0.39 is 0 Å². The summed E-state index contributed by atoms with van der Waals surface area (Å²) in [5, 5.41) is 8.08. The molecule has 0 amide bonds. The highest BCUT2D eigenvalue weighted by Crippen LogP contribution is 2.24. The molecule has 5 nitrogen and oxygen atoms in total. The Labute approximate surface area is 170 Å². The van der Waals surface area contributed by atoms with Crippen molar-refractivity contribution in [3.05, 3.63) is 103 Å². The van der Waals surface area contributed by atoms with Gasteiger partial charge < -0.3 is 5.32 Å². The van der Waals surface area contributed by atoms with E-state index in [0.717, 1.165) is 40.3 Å². The molecular formula is C24H23N5. The number of benzene rings is 1. The zero-order valence-corrected chi connectivity index (χ0v) is 16.4. The van der Waals surface area contributed by atoms with Gasteiger partial charge in [0.25, 0.3) is 0 Å². The van der Waals surface area contributed by atoms with Crippen LogP contribution in [0.25, 0.3) is 16.9 Å². The molecule has 0 saturated carbocycles. The molecule has 4 rings (SSSR count). The van der Waals surface area contributed by atoms with E-state index in [4.69, 9.17) is 4.98 Å². The van der Waals surface area contributed by atoms with Crippen molar-refractivity contribution in [2.24, 2.45) is 0 Å². The van der Waals surface area contributed by atoms with Crippen molar-refractivity contribution < 1.29 is 0 Å². The lowest BCUT2D eigenvalue weighted by atomic mass is 10.1. The van der Waals surface area contributed by atoms with Crippen LogP contribution in [0.1, 0.15) is 18.1 Å². The molecule has 0 spiro atoms. The third-order valence-electron chi connectivity index (χ3n) is 4.59.